The van der Waals surface area contributed by atoms with Gasteiger partial charge in [0.25, 0.3) is 0 Å². The highest BCUT2D eigenvalue weighted by Crippen LogP contribution is 2.61. The van der Waals surface area contributed by atoms with E-state index in [2.05, 4.69) is 10.2 Å². The highest BCUT2D eigenvalue weighted by Gasteiger charge is 2.56. The Morgan fingerprint density at radius 2 is 1.76 bits per heavy atom. The molecule has 0 aromatic carbocycles. The Labute approximate surface area is 126 Å². The Hall–Kier alpha value is -1.06. The van der Waals surface area contributed by atoms with E-state index in [1.54, 1.807) is 0 Å². The first-order valence-corrected chi connectivity index (χ1v) is 8.74. The molecule has 4 rings (SSSR count). The molecule has 0 radical (unpaired) electrons. The molecule has 4 aliphatic rings. The van der Waals surface area contributed by atoms with Crippen LogP contribution in [0.3, 0.4) is 0 Å². The highest BCUT2D eigenvalue weighted by molar-refractivity contribution is 5.93. The van der Waals surface area contributed by atoms with E-state index in [1.165, 1.54) is 32.1 Å². The van der Waals surface area contributed by atoms with Crippen LogP contribution in [0, 0.1) is 11.3 Å². The second kappa shape index (κ2) is 4.72. The quantitative estimate of drug-likeness (QED) is 0.866. The van der Waals surface area contributed by atoms with Gasteiger partial charge in [0.1, 0.15) is 5.54 Å². The van der Waals surface area contributed by atoms with Crippen molar-refractivity contribution in [3.63, 3.8) is 0 Å². The fourth-order valence-corrected chi connectivity index (χ4v) is 4.60. The summed E-state index contributed by atoms with van der Waals surface area (Å²) in [6.45, 7) is 1.54. The van der Waals surface area contributed by atoms with Gasteiger partial charge in [0.05, 0.1) is 0 Å². The maximum atomic E-state index is 13.1. The molecular weight excluding hydrogens is 264 g/mol. The Kier molecular flexibility index (Phi) is 3.05. The molecule has 0 atom stereocenters. The lowest BCUT2D eigenvalue weighted by Crippen LogP contribution is -2.58. The van der Waals surface area contributed by atoms with Crippen LogP contribution in [0.5, 0.6) is 0 Å². The molecule has 1 heterocycles. The van der Waals surface area contributed by atoms with E-state index in [4.69, 9.17) is 0 Å². The van der Waals surface area contributed by atoms with Gasteiger partial charge < -0.3 is 10.2 Å². The first-order valence-electron chi connectivity index (χ1n) is 8.74. The normalized spacial score (nSPS) is 31.0. The molecule has 4 nitrogen and oxygen atoms in total. The van der Waals surface area contributed by atoms with Gasteiger partial charge in [0.2, 0.25) is 11.8 Å². The van der Waals surface area contributed by atoms with Crippen LogP contribution < -0.4 is 5.32 Å². The maximum Gasteiger partial charge on any atom is 0.248 e. The van der Waals surface area contributed by atoms with Crippen LogP contribution in [0.15, 0.2) is 0 Å². The van der Waals surface area contributed by atoms with E-state index in [0.717, 1.165) is 38.1 Å². The molecule has 0 bridgehead atoms. The average molecular weight is 290 g/mol. The molecule has 1 N–H and O–H groups in total. The Morgan fingerprint density at radius 3 is 2.38 bits per heavy atom. The van der Waals surface area contributed by atoms with Crippen molar-refractivity contribution in [1.29, 1.82) is 0 Å². The maximum absolute atomic E-state index is 13.1. The predicted octanol–water partition coefficient (Wildman–Crippen LogP) is 2.23. The molecule has 116 valence electrons. The van der Waals surface area contributed by atoms with Crippen molar-refractivity contribution >= 4 is 11.8 Å². The van der Waals surface area contributed by atoms with Crippen LogP contribution in [0.1, 0.15) is 64.2 Å². The third-order valence-electron chi connectivity index (χ3n) is 6.23. The van der Waals surface area contributed by atoms with Crippen molar-refractivity contribution in [2.75, 3.05) is 13.1 Å². The first kappa shape index (κ1) is 13.6. The van der Waals surface area contributed by atoms with Crippen LogP contribution >= 0.6 is 0 Å². The van der Waals surface area contributed by atoms with E-state index in [0.29, 0.717) is 18.4 Å². The molecule has 0 aromatic heterocycles. The first-order chi connectivity index (χ1) is 10.1. The van der Waals surface area contributed by atoms with Gasteiger partial charge in [-0.05, 0) is 49.9 Å². The lowest BCUT2D eigenvalue weighted by atomic mass is 9.80. The Bertz CT molecular complexity index is 459. The smallest absolute Gasteiger partial charge is 0.248 e. The minimum atomic E-state index is -0.564. The summed E-state index contributed by atoms with van der Waals surface area (Å²) in [7, 11) is 0. The van der Waals surface area contributed by atoms with Crippen molar-refractivity contribution in [2.24, 2.45) is 11.3 Å². The minimum absolute atomic E-state index is 0.0732. The molecule has 3 saturated carbocycles. The molecule has 1 saturated heterocycles. The molecule has 21 heavy (non-hydrogen) atoms. The fraction of sp³-hybridized carbons (Fsp3) is 0.882. The summed E-state index contributed by atoms with van der Waals surface area (Å²) < 4.78 is 0. The monoisotopic (exact) mass is 290 g/mol. The number of nitrogens with one attached hydrogen (secondary N) is 1. The van der Waals surface area contributed by atoms with Gasteiger partial charge in [0.15, 0.2) is 0 Å². The van der Waals surface area contributed by atoms with E-state index in [9.17, 15) is 9.59 Å². The second-order valence-corrected chi connectivity index (χ2v) is 7.80. The number of carbonyl (C=O) groups excluding carboxylic acids is 2. The van der Waals surface area contributed by atoms with Crippen molar-refractivity contribution < 1.29 is 9.59 Å². The number of amides is 2. The standard InChI is InChI=1S/C17H26N2O2/c20-14-6-11-19(12-16(9-10-16)13-4-5-13)15(21)17(18-14)7-2-1-3-8-17/h13H,1-12H2,(H,18,20). The van der Waals surface area contributed by atoms with Crippen LogP contribution in [0.25, 0.3) is 0 Å². The summed E-state index contributed by atoms with van der Waals surface area (Å²) in [5.41, 5.74) is -0.135. The highest BCUT2D eigenvalue weighted by atomic mass is 16.2. The lowest BCUT2D eigenvalue weighted by Gasteiger charge is -2.39. The average Bonchev–Trinajstić information content (AvgIpc) is 3.35. The lowest BCUT2D eigenvalue weighted by molar-refractivity contribution is -0.141. The molecule has 2 amide bonds. The van der Waals surface area contributed by atoms with Crippen molar-refractivity contribution in [3.05, 3.63) is 0 Å². The van der Waals surface area contributed by atoms with Crippen molar-refractivity contribution in [3.8, 4) is 0 Å². The molecule has 3 aliphatic carbocycles. The number of nitrogens with zero attached hydrogens (tertiary/aromatic N) is 1. The van der Waals surface area contributed by atoms with Gasteiger partial charge in [-0.3, -0.25) is 9.59 Å². The zero-order valence-electron chi connectivity index (χ0n) is 12.8. The fourth-order valence-electron chi connectivity index (χ4n) is 4.60. The Morgan fingerprint density at radius 1 is 1.05 bits per heavy atom. The van der Waals surface area contributed by atoms with Crippen LogP contribution in [-0.2, 0) is 9.59 Å². The minimum Gasteiger partial charge on any atom is -0.342 e. The van der Waals surface area contributed by atoms with Crippen LogP contribution in [0.4, 0.5) is 0 Å². The van der Waals surface area contributed by atoms with Gasteiger partial charge in [-0.2, -0.15) is 0 Å². The molecule has 4 heteroatoms. The summed E-state index contributed by atoms with van der Waals surface area (Å²) >= 11 is 0. The topological polar surface area (TPSA) is 49.4 Å². The predicted molar refractivity (Wildman–Crippen MR) is 79.5 cm³/mol. The van der Waals surface area contributed by atoms with Crippen LogP contribution in [0.2, 0.25) is 0 Å². The summed E-state index contributed by atoms with van der Waals surface area (Å²) in [4.78, 5) is 27.3. The van der Waals surface area contributed by atoms with Gasteiger partial charge in [-0.25, -0.2) is 0 Å². The summed E-state index contributed by atoms with van der Waals surface area (Å²) in [5, 5.41) is 3.09. The molecule has 0 unspecified atom stereocenters. The second-order valence-electron chi connectivity index (χ2n) is 7.80. The van der Waals surface area contributed by atoms with Gasteiger partial charge >= 0.3 is 0 Å². The molecular formula is C17H26N2O2. The van der Waals surface area contributed by atoms with Gasteiger partial charge in [-0.15, -0.1) is 0 Å². The summed E-state index contributed by atoms with van der Waals surface area (Å²) in [6.07, 6.45) is 10.8. The van der Waals surface area contributed by atoms with Gasteiger partial charge in [0, 0.05) is 19.5 Å². The number of rotatable bonds is 3. The number of carbonyl (C=O) groups is 2. The van der Waals surface area contributed by atoms with Crippen LogP contribution in [-0.4, -0.2) is 35.3 Å². The van der Waals surface area contributed by atoms with E-state index in [1.807, 2.05) is 0 Å². The zero-order chi connectivity index (χ0) is 14.5. The molecule has 0 aromatic rings. The molecule has 1 aliphatic heterocycles. The number of hydrogen-bond donors (Lipinski definition) is 1. The largest absolute Gasteiger partial charge is 0.342 e. The van der Waals surface area contributed by atoms with Crippen molar-refractivity contribution in [1.82, 2.24) is 10.2 Å². The summed E-state index contributed by atoms with van der Waals surface area (Å²) in [6, 6.07) is 0. The number of hydrogen-bond acceptors (Lipinski definition) is 2. The third kappa shape index (κ3) is 2.36. The Balaban J connectivity index is 1.55. The third-order valence-corrected chi connectivity index (χ3v) is 6.23. The summed E-state index contributed by atoms with van der Waals surface area (Å²) in [5.74, 6) is 1.16. The SMILES string of the molecule is O=C1CCN(CC2(C3CC3)CC2)C(=O)C2(CCCCC2)N1. The molecule has 4 fully saturated rings. The molecule has 1 spiro atoms. The van der Waals surface area contributed by atoms with Crippen molar-refractivity contribution in [2.45, 2.75) is 69.7 Å². The van der Waals surface area contributed by atoms with Gasteiger partial charge in [-0.1, -0.05) is 19.3 Å². The van der Waals surface area contributed by atoms with E-state index < -0.39 is 5.54 Å². The van der Waals surface area contributed by atoms with E-state index >= 15 is 0 Å². The van der Waals surface area contributed by atoms with E-state index in [-0.39, 0.29) is 11.8 Å². The zero-order valence-corrected chi connectivity index (χ0v) is 12.8.